The van der Waals surface area contributed by atoms with Crippen molar-refractivity contribution in [3.63, 3.8) is 0 Å². The quantitative estimate of drug-likeness (QED) is 0.633. The van der Waals surface area contributed by atoms with E-state index in [1.54, 1.807) is 6.07 Å². The summed E-state index contributed by atoms with van der Waals surface area (Å²) in [4.78, 5) is 0. The molecule has 1 nitrogen and oxygen atoms in total. The molecule has 0 aliphatic heterocycles. The van der Waals surface area contributed by atoms with Gasteiger partial charge in [-0.1, -0.05) is 36.0 Å². The highest BCUT2D eigenvalue weighted by Crippen LogP contribution is 2.44. The summed E-state index contributed by atoms with van der Waals surface area (Å²) in [5.41, 5.74) is 0.929. The fourth-order valence-corrected chi connectivity index (χ4v) is 3.51. The van der Waals surface area contributed by atoms with Crippen molar-refractivity contribution >= 4 is 34.8 Å². The van der Waals surface area contributed by atoms with Crippen LogP contribution in [0.5, 0.6) is 5.75 Å². The van der Waals surface area contributed by atoms with Crippen LogP contribution in [-0.4, -0.2) is 6.61 Å². The van der Waals surface area contributed by atoms with Gasteiger partial charge < -0.3 is 4.74 Å². The van der Waals surface area contributed by atoms with Gasteiger partial charge in [-0.2, -0.15) is 0 Å². The van der Waals surface area contributed by atoms with Gasteiger partial charge >= 0.3 is 0 Å². The summed E-state index contributed by atoms with van der Waals surface area (Å²) in [6.07, 6.45) is 4.87. The van der Waals surface area contributed by atoms with Gasteiger partial charge in [0, 0.05) is 11.1 Å². The Balaban J connectivity index is 2.24. The van der Waals surface area contributed by atoms with Gasteiger partial charge in [-0.15, -0.1) is 11.6 Å². The van der Waals surface area contributed by atoms with Crippen molar-refractivity contribution in [2.75, 3.05) is 6.61 Å². The van der Waals surface area contributed by atoms with E-state index in [1.807, 2.05) is 13.0 Å². The molecule has 0 amide bonds. The van der Waals surface area contributed by atoms with Crippen molar-refractivity contribution in [2.45, 2.75) is 38.0 Å². The molecule has 1 aromatic carbocycles. The minimum atomic E-state index is -0.0480. The fourth-order valence-electron chi connectivity index (χ4n) is 2.53. The monoisotopic (exact) mass is 306 g/mol. The Kier molecular flexibility index (Phi) is 5.06. The van der Waals surface area contributed by atoms with Crippen molar-refractivity contribution in [3.05, 3.63) is 27.7 Å². The highest BCUT2D eigenvalue weighted by Gasteiger charge is 2.26. The predicted octanol–water partition coefficient (Wildman–Crippen LogP) is 5.86. The van der Waals surface area contributed by atoms with Crippen molar-refractivity contribution in [2.24, 2.45) is 5.92 Å². The summed E-state index contributed by atoms with van der Waals surface area (Å²) in [6.45, 7) is 2.49. The summed E-state index contributed by atoms with van der Waals surface area (Å²) in [7, 11) is 0. The van der Waals surface area contributed by atoms with Crippen LogP contribution in [0.2, 0.25) is 10.0 Å². The summed E-state index contributed by atoms with van der Waals surface area (Å²) in [5, 5.41) is 1.18. The zero-order valence-electron chi connectivity index (χ0n) is 10.4. The largest absolute Gasteiger partial charge is 0.492 e. The van der Waals surface area contributed by atoms with Crippen molar-refractivity contribution in [3.8, 4) is 5.75 Å². The standard InChI is InChI=1S/C14H17Cl3O/c1-2-18-13-8-11(15)10(7-12(13)16)14(17)9-5-3-4-6-9/h7-9,14H,2-6H2,1H3. The zero-order valence-corrected chi connectivity index (χ0v) is 12.7. The van der Waals surface area contributed by atoms with Crippen LogP contribution in [0.15, 0.2) is 12.1 Å². The summed E-state index contributed by atoms with van der Waals surface area (Å²) in [5.74, 6) is 1.14. The smallest absolute Gasteiger partial charge is 0.139 e. The molecular weight excluding hydrogens is 291 g/mol. The van der Waals surface area contributed by atoms with Crippen LogP contribution < -0.4 is 4.74 Å². The van der Waals surface area contributed by atoms with Gasteiger partial charge in [0.2, 0.25) is 0 Å². The predicted molar refractivity (Wildman–Crippen MR) is 78.2 cm³/mol. The minimum absolute atomic E-state index is 0.0480. The molecule has 0 saturated heterocycles. The van der Waals surface area contributed by atoms with Gasteiger partial charge in [-0.3, -0.25) is 0 Å². The Morgan fingerprint density at radius 2 is 1.89 bits per heavy atom. The molecule has 0 spiro atoms. The number of hydrogen-bond acceptors (Lipinski definition) is 1. The molecule has 2 rings (SSSR count). The average Bonchev–Trinajstić information content (AvgIpc) is 2.86. The number of halogens is 3. The van der Waals surface area contributed by atoms with Crippen LogP contribution in [0.25, 0.3) is 0 Å². The molecule has 18 heavy (non-hydrogen) atoms. The molecule has 0 N–H and O–H groups in total. The van der Waals surface area contributed by atoms with E-state index in [0.29, 0.717) is 28.3 Å². The molecular formula is C14H17Cl3O. The molecule has 0 aromatic heterocycles. The van der Waals surface area contributed by atoms with Gasteiger partial charge in [-0.05, 0) is 37.3 Å². The molecule has 0 bridgehead atoms. The maximum Gasteiger partial charge on any atom is 0.139 e. The molecule has 1 atom stereocenters. The fraction of sp³-hybridized carbons (Fsp3) is 0.571. The van der Waals surface area contributed by atoms with E-state index in [1.165, 1.54) is 25.7 Å². The Hall–Kier alpha value is -0.110. The van der Waals surface area contributed by atoms with E-state index in [0.717, 1.165) is 5.56 Å². The van der Waals surface area contributed by atoms with Crippen LogP contribution in [0.4, 0.5) is 0 Å². The minimum Gasteiger partial charge on any atom is -0.492 e. The lowest BCUT2D eigenvalue weighted by Gasteiger charge is -2.19. The highest BCUT2D eigenvalue weighted by atomic mass is 35.5. The van der Waals surface area contributed by atoms with Gasteiger partial charge in [-0.25, -0.2) is 0 Å². The number of rotatable bonds is 4. The first-order valence-electron chi connectivity index (χ1n) is 6.39. The molecule has 1 unspecified atom stereocenters. The lowest BCUT2D eigenvalue weighted by Crippen LogP contribution is -2.04. The van der Waals surface area contributed by atoms with E-state index >= 15 is 0 Å². The molecule has 1 aliphatic rings. The molecule has 4 heteroatoms. The van der Waals surface area contributed by atoms with Crippen molar-refractivity contribution in [1.29, 1.82) is 0 Å². The first-order valence-corrected chi connectivity index (χ1v) is 7.58. The second kappa shape index (κ2) is 6.36. The molecule has 0 radical (unpaired) electrons. The molecule has 1 aromatic rings. The third-order valence-corrected chi connectivity index (χ3v) is 4.68. The summed E-state index contributed by atoms with van der Waals surface area (Å²) >= 11 is 19.0. The van der Waals surface area contributed by atoms with E-state index in [2.05, 4.69) is 0 Å². The molecule has 100 valence electrons. The Labute approximate surface area is 123 Å². The summed E-state index contributed by atoms with van der Waals surface area (Å²) in [6, 6.07) is 3.62. The van der Waals surface area contributed by atoms with Gasteiger partial charge in [0.05, 0.1) is 17.0 Å². The molecule has 1 saturated carbocycles. The van der Waals surface area contributed by atoms with Crippen LogP contribution in [0.3, 0.4) is 0 Å². The Morgan fingerprint density at radius 3 is 2.50 bits per heavy atom. The maximum absolute atomic E-state index is 6.54. The SMILES string of the molecule is CCOc1cc(Cl)c(C(Cl)C2CCCC2)cc1Cl. The average molecular weight is 308 g/mol. The second-order valence-electron chi connectivity index (χ2n) is 4.68. The van der Waals surface area contributed by atoms with Crippen LogP contribution in [0, 0.1) is 5.92 Å². The second-order valence-corrected chi connectivity index (χ2v) is 5.97. The Bertz CT molecular complexity index is 414. The number of benzene rings is 1. The van der Waals surface area contributed by atoms with Crippen molar-refractivity contribution < 1.29 is 4.74 Å². The van der Waals surface area contributed by atoms with Gasteiger partial charge in [0.1, 0.15) is 5.75 Å². The topological polar surface area (TPSA) is 9.23 Å². The van der Waals surface area contributed by atoms with E-state index in [9.17, 15) is 0 Å². The summed E-state index contributed by atoms with van der Waals surface area (Å²) < 4.78 is 5.42. The highest BCUT2D eigenvalue weighted by molar-refractivity contribution is 6.35. The molecule has 1 fully saturated rings. The third-order valence-electron chi connectivity index (χ3n) is 3.46. The van der Waals surface area contributed by atoms with Crippen LogP contribution >= 0.6 is 34.8 Å². The number of hydrogen-bond donors (Lipinski definition) is 0. The first-order chi connectivity index (χ1) is 8.63. The van der Waals surface area contributed by atoms with E-state index in [-0.39, 0.29) is 5.38 Å². The first kappa shape index (κ1) is 14.3. The number of alkyl halides is 1. The lowest BCUT2D eigenvalue weighted by atomic mass is 9.97. The lowest BCUT2D eigenvalue weighted by molar-refractivity contribution is 0.340. The zero-order chi connectivity index (χ0) is 13.1. The molecule has 0 heterocycles. The maximum atomic E-state index is 6.54. The molecule has 1 aliphatic carbocycles. The number of ether oxygens (including phenoxy) is 1. The van der Waals surface area contributed by atoms with Crippen molar-refractivity contribution in [1.82, 2.24) is 0 Å². The normalized spacial score (nSPS) is 18.0. The van der Waals surface area contributed by atoms with E-state index < -0.39 is 0 Å². The van der Waals surface area contributed by atoms with E-state index in [4.69, 9.17) is 39.5 Å². The third kappa shape index (κ3) is 3.07. The van der Waals surface area contributed by atoms with Crippen LogP contribution in [-0.2, 0) is 0 Å². The van der Waals surface area contributed by atoms with Gasteiger partial charge in [0.15, 0.2) is 0 Å². The van der Waals surface area contributed by atoms with Crippen LogP contribution in [0.1, 0.15) is 43.5 Å². The Morgan fingerprint density at radius 1 is 1.22 bits per heavy atom. The van der Waals surface area contributed by atoms with Gasteiger partial charge in [0.25, 0.3) is 0 Å².